The number of sulfonamides is 1. The van der Waals surface area contributed by atoms with Gasteiger partial charge in [-0.3, -0.25) is 4.72 Å². The van der Waals surface area contributed by atoms with Crippen LogP contribution in [0, 0.1) is 0 Å². The molecule has 2 aromatic rings. The SMILES string of the molecule is Cn1cc(S(=O)(=O)Nc2ccccn2)cc1C(=O)O. The third-order valence-electron chi connectivity index (χ3n) is 2.41. The van der Waals surface area contributed by atoms with Gasteiger partial charge in [0.25, 0.3) is 10.0 Å². The van der Waals surface area contributed by atoms with Crippen molar-refractivity contribution in [2.75, 3.05) is 4.72 Å². The third-order valence-corrected chi connectivity index (χ3v) is 3.73. The zero-order valence-electron chi connectivity index (χ0n) is 9.94. The van der Waals surface area contributed by atoms with Crippen molar-refractivity contribution in [3.63, 3.8) is 0 Å². The molecular formula is C11H11N3O4S. The Morgan fingerprint density at radius 3 is 2.68 bits per heavy atom. The van der Waals surface area contributed by atoms with Gasteiger partial charge >= 0.3 is 5.97 Å². The predicted octanol–water partition coefficient (Wildman–Crippen LogP) is 0.919. The first-order valence-corrected chi connectivity index (χ1v) is 6.72. The molecule has 0 fully saturated rings. The van der Waals surface area contributed by atoms with E-state index in [-0.39, 0.29) is 16.4 Å². The van der Waals surface area contributed by atoms with Crippen LogP contribution in [0.25, 0.3) is 0 Å². The van der Waals surface area contributed by atoms with Gasteiger partial charge in [-0.2, -0.15) is 0 Å². The summed E-state index contributed by atoms with van der Waals surface area (Å²) in [7, 11) is -2.38. The first-order valence-electron chi connectivity index (χ1n) is 5.23. The van der Waals surface area contributed by atoms with Crippen LogP contribution in [0.3, 0.4) is 0 Å². The number of hydrogen-bond donors (Lipinski definition) is 2. The van der Waals surface area contributed by atoms with E-state index in [2.05, 4.69) is 9.71 Å². The highest BCUT2D eigenvalue weighted by atomic mass is 32.2. The summed E-state index contributed by atoms with van der Waals surface area (Å²) in [5.41, 5.74) is -0.110. The smallest absolute Gasteiger partial charge is 0.352 e. The topological polar surface area (TPSA) is 101 Å². The maximum Gasteiger partial charge on any atom is 0.352 e. The summed E-state index contributed by atoms with van der Waals surface area (Å²) >= 11 is 0. The van der Waals surface area contributed by atoms with Crippen molar-refractivity contribution in [1.29, 1.82) is 0 Å². The average Bonchev–Trinajstić information content (AvgIpc) is 2.73. The molecule has 0 spiro atoms. The molecule has 0 bridgehead atoms. The summed E-state index contributed by atoms with van der Waals surface area (Å²) in [4.78, 5) is 14.6. The Labute approximate surface area is 109 Å². The van der Waals surface area contributed by atoms with Crippen LogP contribution in [0.2, 0.25) is 0 Å². The Balaban J connectivity index is 2.35. The van der Waals surface area contributed by atoms with Crippen molar-refractivity contribution >= 4 is 21.8 Å². The lowest BCUT2D eigenvalue weighted by Crippen LogP contribution is -2.13. The molecule has 0 saturated carbocycles. The van der Waals surface area contributed by atoms with Crippen molar-refractivity contribution in [2.24, 2.45) is 7.05 Å². The molecule has 2 heterocycles. The largest absolute Gasteiger partial charge is 0.477 e. The van der Waals surface area contributed by atoms with E-state index in [1.807, 2.05) is 0 Å². The van der Waals surface area contributed by atoms with Gasteiger partial charge < -0.3 is 9.67 Å². The van der Waals surface area contributed by atoms with E-state index in [1.54, 1.807) is 12.1 Å². The number of carboxylic acid groups (broad SMARTS) is 1. The van der Waals surface area contributed by atoms with Gasteiger partial charge in [0, 0.05) is 19.4 Å². The Hall–Kier alpha value is -2.35. The normalized spacial score (nSPS) is 11.2. The fourth-order valence-corrected chi connectivity index (χ4v) is 2.59. The fourth-order valence-electron chi connectivity index (χ4n) is 1.51. The van der Waals surface area contributed by atoms with Gasteiger partial charge in [0.2, 0.25) is 0 Å². The minimum absolute atomic E-state index is 0.110. The van der Waals surface area contributed by atoms with Crippen LogP contribution in [-0.4, -0.2) is 29.0 Å². The highest BCUT2D eigenvalue weighted by Gasteiger charge is 2.20. The summed E-state index contributed by atoms with van der Waals surface area (Å²) in [5, 5.41) is 8.89. The molecule has 8 heteroatoms. The van der Waals surface area contributed by atoms with E-state index in [1.165, 1.54) is 30.1 Å². The van der Waals surface area contributed by atoms with Gasteiger partial charge in [0.15, 0.2) is 0 Å². The number of rotatable bonds is 4. The summed E-state index contributed by atoms with van der Waals surface area (Å²) in [5.74, 6) is -1.02. The molecule has 0 saturated heterocycles. The quantitative estimate of drug-likeness (QED) is 0.867. The van der Waals surface area contributed by atoms with Crippen LogP contribution in [0.1, 0.15) is 10.5 Å². The Morgan fingerprint density at radius 1 is 1.42 bits per heavy atom. The Morgan fingerprint density at radius 2 is 2.16 bits per heavy atom. The number of nitrogens with one attached hydrogen (secondary N) is 1. The van der Waals surface area contributed by atoms with Gasteiger partial charge in [0.1, 0.15) is 16.4 Å². The second-order valence-corrected chi connectivity index (χ2v) is 5.48. The summed E-state index contributed by atoms with van der Waals surface area (Å²) < 4.78 is 27.6. The molecule has 0 aliphatic carbocycles. The van der Waals surface area contributed by atoms with Crippen LogP contribution in [-0.2, 0) is 17.1 Å². The molecule has 100 valence electrons. The number of nitrogens with zero attached hydrogens (tertiary/aromatic N) is 2. The number of pyridine rings is 1. The number of carbonyl (C=O) groups is 1. The van der Waals surface area contributed by atoms with Crippen molar-refractivity contribution in [3.05, 3.63) is 42.4 Å². The molecule has 7 nitrogen and oxygen atoms in total. The highest BCUT2D eigenvalue weighted by Crippen LogP contribution is 2.16. The van der Waals surface area contributed by atoms with E-state index in [9.17, 15) is 13.2 Å². The van der Waals surface area contributed by atoms with Crippen molar-refractivity contribution in [2.45, 2.75) is 4.90 Å². The molecule has 0 atom stereocenters. The number of aryl methyl sites for hydroxylation is 1. The number of hydrogen-bond acceptors (Lipinski definition) is 4. The molecule has 0 amide bonds. The molecular weight excluding hydrogens is 270 g/mol. The number of anilines is 1. The minimum atomic E-state index is -3.85. The second-order valence-electron chi connectivity index (χ2n) is 3.80. The van der Waals surface area contributed by atoms with Crippen LogP contribution >= 0.6 is 0 Å². The van der Waals surface area contributed by atoms with Gasteiger partial charge in [-0.25, -0.2) is 18.2 Å². The number of aromatic carboxylic acids is 1. The van der Waals surface area contributed by atoms with Gasteiger partial charge in [-0.05, 0) is 18.2 Å². The van der Waals surface area contributed by atoms with E-state index in [0.717, 1.165) is 6.07 Å². The van der Waals surface area contributed by atoms with E-state index < -0.39 is 16.0 Å². The number of carboxylic acids is 1. The molecule has 2 rings (SSSR count). The van der Waals surface area contributed by atoms with E-state index in [4.69, 9.17) is 5.11 Å². The lowest BCUT2D eigenvalue weighted by molar-refractivity contribution is 0.0686. The van der Waals surface area contributed by atoms with Gasteiger partial charge in [-0.1, -0.05) is 6.07 Å². The monoisotopic (exact) mass is 281 g/mol. The molecule has 2 N–H and O–H groups in total. The van der Waals surface area contributed by atoms with E-state index in [0.29, 0.717) is 0 Å². The van der Waals surface area contributed by atoms with Crippen LogP contribution in [0.4, 0.5) is 5.82 Å². The van der Waals surface area contributed by atoms with Crippen molar-refractivity contribution in [1.82, 2.24) is 9.55 Å². The Kier molecular flexibility index (Phi) is 3.26. The minimum Gasteiger partial charge on any atom is -0.477 e. The molecule has 19 heavy (non-hydrogen) atoms. The lowest BCUT2D eigenvalue weighted by atomic mass is 10.4. The zero-order chi connectivity index (χ0) is 14.0. The first kappa shape index (κ1) is 13.1. The number of aromatic nitrogens is 2. The standard InChI is InChI=1S/C11H11N3O4S/c1-14-7-8(6-9(14)11(15)16)19(17,18)13-10-4-2-3-5-12-10/h2-7H,1H3,(H,12,13)(H,15,16). The molecule has 0 aromatic carbocycles. The van der Waals surface area contributed by atoms with E-state index >= 15 is 0 Å². The maximum absolute atomic E-state index is 12.0. The van der Waals surface area contributed by atoms with Crippen LogP contribution < -0.4 is 4.72 Å². The summed E-state index contributed by atoms with van der Waals surface area (Å²) in [6.07, 6.45) is 2.68. The Bertz CT molecular complexity index is 707. The second kappa shape index (κ2) is 4.73. The lowest BCUT2D eigenvalue weighted by Gasteiger charge is -2.04. The molecule has 0 radical (unpaired) electrons. The molecule has 2 aromatic heterocycles. The van der Waals surface area contributed by atoms with Crippen molar-refractivity contribution < 1.29 is 18.3 Å². The van der Waals surface area contributed by atoms with Crippen molar-refractivity contribution in [3.8, 4) is 0 Å². The molecule has 0 aliphatic heterocycles. The summed E-state index contributed by atoms with van der Waals surface area (Å²) in [6.45, 7) is 0. The van der Waals surface area contributed by atoms with Crippen LogP contribution in [0.15, 0.2) is 41.6 Å². The van der Waals surface area contributed by atoms with Gasteiger partial charge in [-0.15, -0.1) is 0 Å². The molecule has 0 aliphatic rings. The third kappa shape index (κ3) is 2.74. The van der Waals surface area contributed by atoms with Crippen LogP contribution in [0.5, 0.6) is 0 Å². The van der Waals surface area contributed by atoms with Gasteiger partial charge in [0.05, 0.1) is 0 Å². The predicted molar refractivity (Wildman–Crippen MR) is 67.4 cm³/mol. The summed E-state index contributed by atoms with van der Waals surface area (Å²) in [6, 6.07) is 5.88. The maximum atomic E-state index is 12.0. The average molecular weight is 281 g/mol. The first-order chi connectivity index (χ1) is 8.90. The fraction of sp³-hybridized carbons (Fsp3) is 0.0909. The zero-order valence-corrected chi connectivity index (χ0v) is 10.8. The molecule has 0 unspecified atom stereocenters. The highest BCUT2D eigenvalue weighted by molar-refractivity contribution is 7.92.